The molecule has 1 aliphatic rings. The molecule has 202 valence electrons. The lowest BCUT2D eigenvalue weighted by Gasteiger charge is -2.28. The van der Waals surface area contributed by atoms with Gasteiger partial charge in [-0.05, 0) is 38.0 Å². The van der Waals surface area contributed by atoms with E-state index >= 15 is 4.39 Å². The van der Waals surface area contributed by atoms with Crippen LogP contribution in [0.5, 0.6) is 11.8 Å². The lowest BCUT2D eigenvalue weighted by molar-refractivity contribution is 0.112. The van der Waals surface area contributed by atoms with Crippen molar-refractivity contribution in [2.45, 2.75) is 25.8 Å². The average molecular weight is 534 g/mol. The minimum atomic E-state index is -0.555. The molecule has 0 N–H and O–H groups in total. The maximum absolute atomic E-state index is 15.5. The zero-order valence-electron chi connectivity index (χ0n) is 21.7. The van der Waals surface area contributed by atoms with E-state index in [1.165, 1.54) is 24.7 Å². The highest BCUT2D eigenvalue weighted by molar-refractivity contribution is 5.89. The first kappa shape index (κ1) is 26.2. The number of nitrogens with zero attached hydrogens (tertiary/aromatic N) is 5. The lowest BCUT2D eigenvalue weighted by atomic mass is 10.1. The standard InChI is InChI=1S/C28H28FN5O5/c1-18-5-3-7-30-28(18)39-17-20-6-4-8-33(20)24-12-23-21(11-22(24)29)27(36)19(16-35)15-34(23)25-13-32-26(14-31-25)38-10-9-37-2/h3,5,7,11-16,20H,4,6,8-10,17H2,1-2H3. The van der Waals surface area contributed by atoms with Crippen molar-refractivity contribution in [3.8, 4) is 17.6 Å². The van der Waals surface area contributed by atoms with Crippen molar-refractivity contribution in [3.05, 3.63) is 76.2 Å². The maximum atomic E-state index is 15.5. The van der Waals surface area contributed by atoms with Crippen LogP contribution in [-0.2, 0) is 4.74 Å². The van der Waals surface area contributed by atoms with Gasteiger partial charge in [0.05, 0.1) is 41.8 Å². The Kier molecular flexibility index (Phi) is 7.78. The van der Waals surface area contributed by atoms with Crippen LogP contribution in [0.15, 0.2) is 53.8 Å². The Bertz CT molecular complexity index is 1540. The number of hydrogen-bond donors (Lipinski definition) is 0. The number of methoxy groups -OCH3 is 1. The van der Waals surface area contributed by atoms with E-state index in [-0.39, 0.29) is 17.0 Å². The molecule has 1 fully saturated rings. The molecule has 1 unspecified atom stereocenters. The Morgan fingerprint density at radius 3 is 2.77 bits per heavy atom. The molecule has 5 rings (SSSR count). The van der Waals surface area contributed by atoms with Crippen LogP contribution in [0.3, 0.4) is 0 Å². The third kappa shape index (κ3) is 5.44. The lowest BCUT2D eigenvalue weighted by Crippen LogP contribution is -2.35. The zero-order chi connectivity index (χ0) is 27.4. The molecule has 11 heteroatoms. The highest BCUT2D eigenvalue weighted by Crippen LogP contribution is 2.32. The van der Waals surface area contributed by atoms with Gasteiger partial charge in [-0.3, -0.25) is 14.2 Å². The molecule has 0 radical (unpaired) electrons. The van der Waals surface area contributed by atoms with Gasteiger partial charge < -0.3 is 19.1 Å². The van der Waals surface area contributed by atoms with Gasteiger partial charge in [0.25, 0.3) is 0 Å². The summed E-state index contributed by atoms with van der Waals surface area (Å²) >= 11 is 0. The number of aromatic nitrogens is 4. The SMILES string of the molecule is COCCOc1cnc(-n2cc(C=O)c(=O)c3cc(F)c(N4CCCC4COc4ncccc4C)cc32)cn1. The molecule has 0 spiro atoms. The Morgan fingerprint density at radius 1 is 1.15 bits per heavy atom. The van der Waals surface area contributed by atoms with Crippen LogP contribution in [0, 0.1) is 12.7 Å². The Labute approximate surface area is 224 Å². The van der Waals surface area contributed by atoms with E-state index in [0.29, 0.717) is 61.4 Å². The molecule has 10 nitrogen and oxygen atoms in total. The summed E-state index contributed by atoms with van der Waals surface area (Å²) in [5.41, 5.74) is 0.989. The molecule has 1 atom stereocenters. The van der Waals surface area contributed by atoms with Crippen molar-refractivity contribution in [2.24, 2.45) is 0 Å². The third-order valence-electron chi connectivity index (χ3n) is 6.69. The first-order valence-electron chi connectivity index (χ1n) is 12.6. The fraction of sp³-hybridized carbons (Fsp3) is 0.321. The van der Waals surface area contributed by atoms with Crippen molar-refractivity contribution >= 4 is 22.9 Å². The minimum Gasteiger partial charge on any atom is -0.475 e. The molecule has 1 saturated heterocycles. The monoisotopic (exact) mass is 533 g/mol. The molecule has 0 amide bonds. The van der Waals surface area contributed by atoms with E-state index in [4.69, 9.17) is 14.2 Å². The van der Waals surface area contributed by atoms with Gasteiger partial charge in [-0.25, -0.2) is 19.3 Å². The summed E-state index contributed by atoms with van der Waals surface area (Å²) in [6, 6.07) is 6.49. The fourth-order valence-corrected chi connectivity index (χ4v) is 4.71. The molecule has 0 bridgehead atoms. The van der Waals surface area contributed by atoms with E-state index < -0.39 is 11.2 Å². The number of anilines is 1. The van der Waals surface area contributed by atoms with Crippen LogP contribution in [0.4, 0.5) is 10.1 Å². The van der Waals surface area contributed by atoms with Gasteiger partial charge >= 0.3 is 0 Å². The number of aryl methyl sites for hydroxylation is 1. The number of hydrogen-bond acceptors (Lipinski definition) is 9. The third-order valence-corrected chi connectivity index (χ3v) is 6.69. The molecule has 39 heavy (non-hydrogen) atoms. The van der Waals surface area contributed by atoms with Crippen molar-refractivity contribution in [1.29, 1.82) is 0 Å². The summed E-state index contributed by atoms with van der Waals surface area (Å²) in [6.07, 6.45) is 8.09. The first-order chi connectivity index (χ1) is 19.0. The molecule has 4 aromatic rings. The number of fused-ring (bicyclic) bond motifs is 1. The Balaban J connectivity index is 1.51. The average Bonchev–Trinajstić information content (AvgIpc) is 3.42. The van der Waals surface area contributed by atoms with Gasteiger partial charge in [0.15, 0.2) is 17.5 Å². The molecule has 0 saturated carbocycles. The number of ether oxygens (including phenoxy) is 3. The van der Waals surface area contributed by atoms with Crippen molar-refractivity contribution < 1.29 is 23.4 Å². The number of halogens is 1. The van der Waals surface area contributed by atoms with Gasteiger partial charge in [-0.15, -0.1) is 0 Å². The van der Waals surface area contributed by atoms with E-state index in [2.05, 4.69) is 15.0 Å². The molecule has 1 aromatic carbocycles. The zero-order valence-corrected chi connectivity index (χ0v) is 21.7. The van der Waals surface area contributed by atoms with Gasteiger partial charge in [-0.2, -0.15) is 0 Å². The molecular formula is C28H28FN5O5. The van der Waals surface area contributed by atoms with Crippen LogP contribution in [0.2, 0.25) is 0 Å². The van der Waals surface area contributed by atoms with Crippen molar-refractivity contribution in [3.63, 3.8) is 0 Å². The van der Waals surface area contributed by atoms with E-state index in [9.17, 15) is 9.59 Å². The topological polar surface area (TPSA) is 109 Å². The number of carbonyl (C=O) groups excluding carboxylic acids is 1. The van der Waals surface area contributed by atoms with Gasteiger partial charge in [0.1, 0.15) is 19.0 Å². The van der Waals surface area contributed by atoms with Gasteiger partial charge in [0, 0.05) is 37.0 Å². The summed E-state index contributed by atoms with van der Waals surface area (Å²) in [5.74, 6) is 0.633. The molecule has 1 aliphatic heterocycles. The smallest absolute Gasteiger partial charge is 0.232 e. The van der Waals surface area contributed by atoms with Crippen LogP contribution in [0.25, 0.3) is 16.7 Å². The van der Waals surface area contributed by atoms with Crippen molar-refractivity contribution in [1.82, 2.24) is 19.5 Å². The number of carbonyl (C=O) groups is 1. The largest absolute Gasteiger partial charge is 0.475 e. The number of rotatable bonds is 10. The van der Waals surface area contributed by atoms with E-state index in [1.54, 1.807) is 23.9 Å². The van der Waals surface area contributed by atoms with Crippen LogP contribution >= 0.6 is 0 Å². The Morgan fingerprint density at radius 2 is 2.03 bits per heavy atom. The fourth-order valence-electron chi connectivity index (χ4n) is 4.71. The first-order valence-corrected chi connectivity index (χ1v) is 12.6. The number of aldehydes is 1. The van der Waals surface area contributed by atoms with E-state index in [1.807, 2.05) is 24.0 Å². The summed E-state index contributed by atoms with van der Waals surface area (Å²) in [7, 11) is 1.57. The number of pyridine rings is 2. The minimum absolute atomic E-state index is 0.0687. The van der Waals surface area contributed by atoms with Gasteiger partial charge in [0.2, 0.25) is 11.8 Å². The molecule has 4 heterocycles. The second-order valence-electron chi connectivity index (χ2n) is 9.20. The maximum Gasteiger partial charge on any atom is 0.232 e. The summed E-state index contributed by atoms with van der Waals surface area (Å²) < 4.78 is 33.5. The van der Waals surface area contributed by atoms with Gasteiger partial charge in [-0.1, -0.05) is 6.07 Å². The van der Waals surface area contributed by atoms with Crippen molar-refractivity contribution in [2.75, 3.05) is 38.4 Å². The highest BCUT2D eigenvalue weighted by atomic mass is 19.1. The second kappa shape index (κ2) is 11.6. The van der Waals surface area contributed by atoms with E-state index in [0.717, 1.165) is 18.4 Å². The second-order valence-corrected chi connectivity index (χ2v) is 9.20. The van der Waals surface area contributed by atoms with Crippen LogP contribution < -0.4 is 19.8 Å². The predicted octanol–water partition coefficient (Wildman–Crippen LogP) is 3.51. The summed E-state index contributed by atoms with van der Waals surface area (Å²) in [6.45, 7) is 3.59. The number of benzene rings is 1. The summed E-state index contributed by atoms with van der Waals surface area (Å²) in [5, 5.41) is 0.0687. The molecule has 0 aliphatic carbocycles. The quantitative estimate of drug-likeness (QED) is 0.223. The highest BCUT2D eigenvalue weighted by Gasteiger charge is 2.29. The van der Waals surface area contributed by atoms with Crippen LogP contribution in [0.1, 0.15) is 28.8 Å². The Hall–Kier alpha value is -4.38. The van der Waals surface area contributed by atoms with Crippen LogP contribution in [-0.4, -0.2) is 65.3 Å². The molecule has 3 aromatic heterocycles. The normalized spacial score (nSPS) is 15.1. The molecular weight excluding hydrogens is 505 g/mol. The summed E-state index contributed by atoms with van der Waals surface area (Å²) in [4.78, 5) is 39.5. The predicted molar refractivity (Wildman–Crippen MR) is 143 cm³/mol.